The number of aromatic nitrogens is 2. The second-order valence-electron chi connectivity index (χ2n) is 2.82. The van der Waals surface area contributed by atoms with E-state index < -0.39 is 0 Å². The van der Waals surface area contributed by atoms with Crippen LogP contribution in [0.1, 0.15) is 5.69 Å². The van der Waals surface area contributed by atoms with Crippen LogP contribution in [-0.2, 0) is 0 Å². The lowest BCUT2D eigenvalue weighted by atomic mass is 10.2. The number of hydrogen-bond donors (Lipinski definition) is 0. The van der Waals surface area contributed by atoms with Crippen LogP contribution in [0.5, 0.6) is 5.75 Å². The van der Waals surface area contributed by atoms with E-state index in [1.54, 1.807) is 18.3 Å². The summed E-state index contributed by atoms with van der Waals surface area (Å²) in [5, 5.41) is 9.86. The number of nitriles is 1. The Kier molecular flexibility index (Phi) is 2.40. The third-order valence-corrected chi connectivity index (χ3v) is 2.29. The van der Waals surface area contributed by atoms with Crippen molar-refractivity contribution in [3.8, 4) is 11.8 Å². The number of ether oxygens (including phenoxy) is 1. The van der Waals surface area contributed by atoms with Crippen LogP contribution in [0.4, 0.5) is 0 Å². The minimum Gasteiger partial charge on any atom is -0.494 e. The molecule has 2 aromatic heterocycles. The van der Waals surface area contributed by atoms with Crippen LogP contribution < -0.4 is 4.74 Å². The zero-order valence-corrected chi connectivity index (χ0v) is 8.62. The molecule has 0 unspecified atom stereocenters. The van der Waals surface area contributed by atoms with Gasteiger partial charge in [-0.25, -0.2) is 9.97 Å². The lowest BCUT2D eigenvalue weighted by Crippen LogP contribution is -1.93. The monoisotopic (exact) mass is 219 g/mol. The van der Waals surface area contributed by atoms with Gasteiger partial charge in [0, 0.05) is 11.6 Å². The van der Waals surface area contributed by atoms with Gasteiger partial charge in [0.2, 0.25) is 0 Å². The maximum Gasteiger partial charge on any atom is 0.183 e. The molecule has 0 aliphatic rings. The number of halogens is 1. The lowest BCUT2D eigenvalue weighted by molar-refractivity contribution is 0.412. The van der Waals surface area contributed by atoms with Crippen LogP contribution in [0, 0.1) is 11.3 Å². The van der Waals surface area contributed by atoms with Gasteiger partial charge in [0.15, 0.2) is 11.4 Å². The predicted molar refractivity (Wildman–Crippen MR) is 55.8 cm³/mol. The zero-order chi connectivity index (χ0) is 10.8. The van der Waals surface area contributed by atoms with Crippen LogP contribution in [0.3, 0.4) is 0 Å². The molecule has 0 aliphatic heterocycles. The highest BCUT2D eigenvalue weighted by Crippen LogP contribution is 2.26. The first-order valence-corrected chi connectivity index (χ1v) is 4.53. The Morgan fingerprint density at radius 1 is 1.53 bits per heavy atom. The molecule has 0 amide bonds. The van der Waals surface area contributed by atoms with Gasteiger partial charge in [-0.3, -0.25) is 0 Å². The molecule has 0 aliphatic carbocycles. The van der Waals surface area contributed by atoms with Crippen LogP contribution in [-0.4, -0.2) is 17.1 Å². The molecule has 0 atom stereocenters. The summed E-state index contributed by atoms with van der Waals surface area (Å²) in [4.78, 5) is 8.04. The Labute approximate surface area is 91.1 Å². The zero-order valence-electron chi connectivity index (χ0n) is 7.86. The Bertz CT molecular complexity index is 562. The number of fused-ring (bicyclic) bond motifs is 1. The van der Waals surface area contributed by atoms with Crippen molar-refractivity contribution in [1.29, 1.82) is 5.26 Å². The standard InChI is InChI=1S/C10H6ClN3O/c1-15-9-4-6-7(14-8(9)5-12)2-3-13-10(6)11/h2-4H,1H3. The molecule has 2 heterocycles. The van der Waals surface area contributed by atoms with E-state index in [0.29, 0.717) is 21.8 Å². The van der Waals surface area contributed by atoms with Crippen molar-refractivity contribution in [3.63, 3.8) is 0 Å². The Balaban J connectivity index is 2.83. The molecule has 0 saturated heterocycles. The molecule has 2 aromatic rings. The minimum atomic E-state index is 0.243. The minimum absolute atomic E-state index is 0.243. The molecule has 0 spiro atoms. The van der Waals surface area contributed by atoms with Crippen molar-refractivity contribution in [2.24, 2.45) is 0 Å². The first kappa shape index (κ1) is 9.69. The first-order valence-electron chi connectivity index (χ1n) is 4.15. The summed E-state index contributed by atoms with van der Waals surface area (Å²) in [6, 6.07) is 5.32. The summed E-state index contributed by atoms with van der Waals surface area (Å²) < 4.78 is 5.03. The average Bonchev–Trinajstić information content (AvgIpc) is 2.28. The van der Waals surface area contributed by atoms with E-state index in [-0.39, 0.29) is 5.69 Å². The highest BCUT2D eigenvalue weighted by atomic mass is 35.5. The molecule has 5 heteroatoms. The second-order valence-corrected chi connectivity index (χ2v) is 3.18. The SMILES string of the molecule is COc1cc2c(Cl)nccc2nc1C#N. The molecule has 15 heavy (non-hydrogen) atoms. The van der Waals surface area contributed by atoms with Gasteiger partial charge < -0.3 is 4.74 Å². The molecular formula is C10H6ClN3O. The number of methoxy groups -OCH3 is 1. The van der Waals surface area contributed by atoms with Crippen molar-refractivity contribution < 1.29 is 4.74 Å². The fourth-order valence-corrected chi connectivity index (χ4v) is 1.49. The average molecular weight is 220 g/mol. The highest BCUT2D eigenvalue weighted by Gasteiger charge is 2.08. The van der Waals surface area contributed by atoms with Gasteiger partial charge >= 0.3 is 0 Å². The van der Waals surface area contributed by atoms with E-state index in [0.717, 1.165) is 0 Å². The predicted octanol–water partition coefficient (Wildman–Crippen LogP) is 2.16. The maximum atomic E-state index is 8.84. The van der Waals surface area contributed by atoms with Gasteiger partial charge in [-0.05, 0) is 12.1 Å². The molecule has 2 rings (SSSR count). The number of hydrogen-bond acceptors (Lipinski definition) is 4. The molecule has 0 N–H and O–H groups in total. The Hall–Kier alpha value is -1.86. The van der Waals surface area contributed by atoms with Crippen LogP contribution in [0.2, 0.25) is 5.15 Å². The molecule has 0 saturated carbocycles. The smallest absolute Gasteiger partial charge is 0.183 e. The Morgan fingerprint density at radius 2 is 2.33 bits per heavy atom. The van der Waals surface area contributed by atoms with Crippen molar-refractivity contribution in [2.45, 2.75) is 0 Å². The van der Waals surface area contributed by atoms with Crippen LogP contribution >= 0.6 is 11.6 Å². The van der Waals surface area contributed by atoms with E-state index in [1.165, 1.54) is 7.11 Å². The van der Waals surface area contributed by atoms with Gasteiger partial charge in [0.25, 0.3) is 0 Å². The molecule has 0 fully saturated rings. The number of nitrogens with zero attached hydrogens (tertiary/aromatic N) is 3. The highest BCUT2D eigenvalue weighted by molar-refractivity contribution is 6.34. The van der Waals surface area contributed by atoms with Gasteiger partial charge in [0.05, 0.1) is 12.6 Å². The largest absolute Gasteiger partial charge is 0.494 e. The van der Waals surface area contributed by atoms with Gasteiger partial charge in [-0.2, -0.15) is 5.26 Å². The van der Waals surface area contributed by atoms with Gasteiger partial charge in [-0.1, -0.05) is 11.6 Å². The summed E-state index contributed by atoms with van der Waals surface area (Å²) in [6.45, 7) is 0. The fourth-order valence-electron chi connectivity index (χ4n) is 1.28. The quantitative estimate of drug-likeness (QED) is 0.690. The summed E-state index contributed by atoms with van der Waals surface area (Å²) in [6.07, 6.45) is 1.55. The van der Waals surface area contributed by atoms with E-state index in [4.69, 9.17) is 21.6 Å². The van der Waals surface area contributed by atoms with Crippen LogP contribution in [0.25, 0.3) is 10.9 Å². The Morgan fingerprint density at radius 3 is 3.00 bits per heavy atom. The third kappa shape index (κ3) is 1.58. The van der Waals surface area contributed by atoms with E-state index in [2.05, 4.69) is 9.97 Å². The van der Waals surface area contributed by atoms with Crippen molar-refractivity contribution >= 4 is 22.5 Å². The molecule has 0 aromatic carbocycles. The van der Waals surface area contributed by atoms with Gasteiger partial charge in [0.1, 0.15) is 11.2 Å². The number of pyridine rings is 2. The molecular weight excluding hydrogens is 214 g/mol. The van der Waals surface area contributed by atoms with Gasteiger partial charge in [-0.15, -0.1) is 0 Å². The van der Waals surface area contributed by atoms with E-state index in [9.17, 15) is 0 Å². The molecule has 0 bridgehead atoms. The normalized spacial score (nSPS) is 9.93. The van der Waals surface area contributed by atoms with Crippen molar-refractivity contribution in [1.82, 2.24) is 9.97 Å². The fraction of sp³-hybridized carbons (Fsp3) is 0.100. The number of rotatable bonds is 1. The summed E-state index contributed by atoms with van der Waals surface area (Å²) >= 11 is 5.89. The maximum absolute atomic E-state index is 8.84. The molecule has 74 valence electrons. The lowest BCUT2D eigenvalue weighted by Gasteiger charge is -2.04. The topological polar surface area (TPSA) is 58.8 Å². The summed E-state index contributed by atoms with van der Waals surface area (Å²) in [5.41, 5.74) is 0.875. The summed E-state index contributed by atoms with van der Waals surface area (Å²) in [5.74, 6) is 0.403. The molecule has 0 radical (unpaired) electrons. The molecule has 4 nitrogen and oxygen atoms in total. The summed E-state index contributed by atoms with van der Waals surface area (Å²) in [7, 11) is 1.48. The van der Waals surface area contributed by atoms with E-state index >= 15 is 0 Å². The second kappa shape index (κ2) is 3.71. The van der Waals surface area contributed by atoms with Crippen LogP contribution in [0.15, 0.2) is 18.3 Å². The first-order chi connectivity index (χ1) is 7.26. The van der Waals surface area contributed by atoms with Crippen molar-refractivity contribution in [3.05, 3.63) is 29.2 Å². The third-order valence-electron chi connectivity index (χ3n) is 1.99. The van der Waals surface area contributed by atoms with E-state index in [1.807, 2.05) is 6.07 Å². The van der Waals surface area contributed by atoms with Crippen molar-refractivity contribution in [2.75, 3.05) is 7.11 Å².